The molecular formula is C14H11Cl2NO. The maximum absolute atomic E-state index is 11.0. The molecule has 92 valence electrons. The van der Waals surface area contributed by atoms with Gasteiger partial charge < -0.3 is 5.32 Å². The van der Waals surface area contributed by atoms with E-state index in [1.807, 2.05) is 36.4 Å². The summed E-state index contributed by atoms with van der Waals surface area (Å²) in [4.78, 5) is 11.0. The molecule has 1 N–H and O–H groups in total. The molecule has 2 rings (SSSR count). The van der Waals surface area contributed by atoms with E-state index in [-0.39, 0.29) is 5.91 Å². The van der Waals surface area contributed by atoms with Gasteiger partial charge in [0, 0.05) is 22.7 Å². The van der Waals surface area contributed by atoms with Crippen LogP contribution < -0.4 is 5.32 Å². The molecule has 18 heavy (non-hydrogen) atoms. The fraction of sp³-hybridized carbons (Fsp3) is 0.0714. The van der Waals surface area contributed by atoms with Crippen molar-refractivity contribution in [2.45, 2.75) is 6.92 Å². The average Bonchev–Trinajstić information content (AvgIpc) is 2.27. The van der Waals surface area contributed by atoms with Crippen molar-refractivity contribution in [3.8, 4) is 11.1 Å². The van der Waals surface area contributed by atoms with Crippen molar-refractivity contribution >= 4 is 34.8 Å². The number of hydrogen-bond donors (Lipinski definition) is 1. The predicted molar refractivity (Wildman–Crippen MR) is 76.2 cm³/mol. The second kappa shape index (κ2) is 5.42. The lowest BCUT2D eigenvalue weighted by molar-refractivity contribution is -0.114. The van der Waals surface area contributed by atoms with Gasteiger partial charge in [-0.2, -0.15) is 0 Å². The Morgan fingerprint density at radius 2 is 1.67 bits per heavy atom. The Kier molecular flexibility index (Phi) is 3.90. The minimum Gasteiger partial charge on any atom is -0.326 e. The second-order valence-electron chi connectivity index (χ2n) is 3.92. The van der Waals surface area contributed by atoms with Crippen LogP contribution in [0.2, 0.25) is 10.0 Å². The van der Waals surface area contributed by atoms with E-state index in [9.17, 15) is 4.79 Å². The van der Waals surface area contributed by atoms with E-state index in [0.29, 0.717) is 10.0 Å². The van der Waals surface area contributed by atoms with Crippen molar-refractivity contribution in [1.82, 2.24) is 0 Å². The molecule has 0 spiro atoms. The van der Waals surface area contributed by atoms with Crippen LogP contribution in [0.3, 0.4) is 0 Å². The zero-order chi connectivity index (χ0) is 13.1. The molecule has 0 bridgehead atoms. The first kappa shape index (κ1) is 12.9. The van der Waals surface area contributed by atoms with Gasteiger partial charge in [-0.1, -0.05) is 35.3 Å². The summed E-state index contributed by atoms with van der Waals surface area (Å²) in [5, 5.41) is 3.91. The van der Waals surface area contributed by atoms with Crippen LogP contribution in [0.5, 0.6) is 0 Å². The van der Waals surface area contributed by atoms with Gasteiger partial charge in [-0.15, -0.1) is 0 Å². The van der Waals surface area contributed by atoms with Crippen molar-refractivity contribution < 1.29 is 4.79 Å². The number of carbonyl (C=O) groups excluding carboxylic acids is 1. The largest absolute Gasteiger partial charge is 0.326 e. The fourth-order valence-electron chi connectivity index (χ4n) is 1.70. The van der Waals surface area contributed by atoms with Crippen LogP contribution in [0.25, 0.3) is 11.1 Å². The highest BCUT2D eigenvalue weighted by Crippen LogP contribution is 2.28. The molecule has 1 amide bonds. The van der Waals surface area contributed by atoms with E-state index in [1.54, 1.807) is 6.07 Å². The number of hydrogen-bond acceptors (Lipinski definition) is 1. The number of anilines is 1. The predicted octanol–water partition coefficient (Wildman–Crippen LogP) is 4.62. The summed E-state index contributed by atoms with van der Waals surface area (Å²) in [5.74, 6) is -0.101. The number of benzene rings is 2. The van der Waals surface area contributed by atoms with Crippen LogP contribution in [0.1, 0.15) is 6.92 Å². The Bertz CT molecular complexity index is 576. The van der Waals surface area contributed by atoms with Crippen molar-refractivity contribution in [2.75, 3.05) is 5.32 Å². The molecule has 0 aliphatic rings. The molecule has 0 saturated carbocycles. The molecule has 0 aliphatic carbocycles. The van der Waals surface area contributed by atoms with Gasteiger partial charge in [0.05, 0.1) is 0 Å². The lowest BCUT2D eigenvalue weighted by atomic mass is 10.1. The molecular weight excluding hydrogens is 269 g/mol. The third kappa shape index (κ3) is 3.25. The summed E-state index contributed by atoms with van der Waals surface area (Å²) < 4.78 is 0. The van der Waals surface area contributed by atoms with E-state index < -0.39 is 0 Å². The molecule has 0 radical (unpaired) electrons. The normalized spacial score (nSPS) is 10.2. The molecule has 2 aromatic carbocycles. The maximum Gasteiger partial charge on any atom is 0.221 e. The number of carbonyl (C=O) groups is 1. The van der Waals surface area contributed by atoms with Gasteiger partial charge in [-0.05, 0) is 41.5 Å². The summed E-state index contributed by atoms with van der Waals surface area (Å²) >= 11 is 11.9. The minimum atomic E-state index is -0.101. The topological polar surface area (TPSA) is 29.1 Å². The fourth-order valence-corrected chi connectivity index (χ4v) is 2.23. The summed E-state index contributed by atoms with van der Waals surface area (Å²) in [7, 11) is 0. The molecule has 2 aromatic rings. The van der Waals surface area contributed by atoms with E-state index >= 15 is 0 Å². The van der Waals surface area contributed by atoms with Gasteiger partial charge in [-0.25, -0.2) is 0 Å². The highest BCUT2D eigenvalue weighted by Gasteiger charge is 2.03. The van der Waals surface area contributed by atoms with Crippen molar-refractivity contribution in [1.29, 1.82) is 0 Å². The van der Waals surface area contributed by atoms with Crippen molar-refractivity contribution in [3.05, 3.63) is 52.5 Å². The van der Waals surface area contributed by atoms with Crippen LogP contribution >= 0.6 is 23.2 Å². The minimum absolute atomic E-state index is 0.101. The Balaban J connectivity index is 2.41. The number of halogens is 2. The third-order valence-corrected chi connectivity index (χ3v) is 2.82. The van der Waals surface area contributed by atoms with Crippen molar-refractivity contribution in [3.63, 3.8) is 0 Å². The highest BCUT2D eigenvalue weighted by atomic mass is 35.5. The standard InChI is InChI=1S/C14H11Cl2NO/c1-9(18)17-14-4-2-3-10(7-14)11-5-12(15)8-13(16)6-11/h2-8H,1H3,(H,17,18). The van der Waals surface area contributed by atoms with Crippen molar-refractivity contribution in [2.24, 2.45) is 0 Å². The lowest BCUT2D eigenvalue weighted by Crippen LogP contribution is -2.05. The molecule has 0 heterocycles. The van der Waals surface area contributed by atoms with E-state index in [4.69, 9.17) is 23.2 Å². The second-order valence-corrected chi connectivity index (χ2v) is 4.79. The quantitative estimate of drug-likeness (QED) is 0.854. The summed E-state index contributed by atoms with van der Waals surface area (Å²) in [6.45, 7) is 1.48. The summed E-state index contributed by atoms with van der Waals surface area (Å²) in [6, 6.07) is 12.9. The zero-order valence-corrected chi connectivity index (χ0v) is 11.2. The SMILES string of the molecule is CC(=O)Nc1cccc(-c2cc(Cl)cc(Cl)c2)c1. The first-order valence-corrected chi connectivity index (χ1v) is 6.14. The van der Waals surface area contributed by atoms with E-state index in [1.165, 1.54) is 6.92 Å². The molecule has 4 heteroatoms. The van der Waals surface area contributed by atoms with Crippen LogP contribution in [-0.2, 0) is 4.79 Å². The highest BCUT2D eigenvalue weighted by molar-refractivity contribution is 6.35. The van der Waals surface area contributed by atoms with Gasteiger partial charge in [0.25, 0.3) is 0 Å². The Morgan fingerprint density at radius 1 is 1.00 bits per heavy atom. The van der Waals surface area contributed by atoms with Gasteiger partial charge in [0.2, 0.25) is 5.91 Å². The summed E-state index contributed by atoms with van der Waals surface area (Å²) in [6.07, 6.45) is 0. The van der Waals surface area contributed by atoms with Crippen LogP contribution in [0.15, 0.2) is 42.5 Å². The Morgan fingerprint density at radius 3 is 2.28 bits per heavy atom. The lowest BCUT2D eigenvalue weighted by Gasteiger charge is -2.07. The average molecular weight is 280 g/mol. The smallest absolute Gasteiger partial charge is 0.221 e. The third-order valence-electron chi connectivity index (χ3n) is 2.38. The molecule has 0 unspecified atom stereocenters. The Labute approximate surface area is 116 Å². The number of rotatable bonds is 2. The van der Waals surface area contributed by atoms with Crippen LogP contribution in [0.4, 0.5) is 5.69 Å². The summed E-state index contributed by atoms with van der Waals surface area (Å²) in [5.41, 5.74) is 2.61. The van der Waals surface area contributed by atoms with E-state index in [2.05, 4.69) is 5.32 Å². The Hall–Kier alpha value is -1.51. The van der Waals surface area contributed by atoms with Gasteiger partial charge in [0.1, 0.15) is 0 Å². The molecule has 0 fully saturated rings. The molecule has 0 aromatic heterocycles. The zero-order valence-electron chi connectivity index (χ0n) is 9.71. The van der Waals surface area contributed by atoms with Crippen LogP contribution in [0, 0.1) is 0 Å². The number of amides is 1. The number of nitrogens with one attached hydrogen (secondary N) is 1. The van der Waals surface area contributed by atoms with Crippen LogP contribution in [-0.4, -0.2) is 5.91 Å². The maximum atomic E-state index is 11.0. The molecule has 0 atom stereocenters. The molecule has 0 saturated heterocycles. The first-order valence-electron chi connectivity index (χ1n) is 5.39. The first-order chi connectivity index (χ1) is 8.54. The van der Waals surface area contributed by atoms with Gasteiger partial charge in [0.15, 0.2) is 0 Å². The monoisotopic (exact) mass is 279 g/mol. The van der Waals surface area contributed by atoms with Gasteiger partial charge >= 0.3 is 0 Å². The van der Waals surface area contributed by atoms with Gasteiger partial charge in [-0.3, -0.25) is 4.79 Å². The molecule has 2 nitrogen and oxygen atoms in total. The molecule has 0 aliphatic heterocycles. The van der Waals surface area contributed by atoms with E-state index in [0.717, 1.165) is 16.8 Å².